The fraction of sp³-hybridized carbons (Fsp3) is 0.467. The lowest BCUT2D eigenvalue weighted by molar-refractivity contribution is -0.145. The molecule has 0 aliphatic rings. The molecule has 1 aromatic carbocycles. The summed E-state index contributed by atoms with van der Waals surface area (Å²) >= 11 is 0. The van der Waals surface area contributed by atoms with Gasteiger partial charge in [-0.1, -0.05) is 29.8 Å². The number of aryl methyl sites for hydroxylation is 1. The standard InChI is InChI=1S/C15H18F3NO3/c1-10-3-2-4-11(7-10)8-12(14(21)22)9-19-13(20)5-6-15(16,17)18/h2-4,7,12H,5-6,8-9H2,1H3,(H,19,20)(H,21,22). The number of aliphatic carboxylic acids is 1. The Morgan fingerprint density at radius 3 is 2.55 bits per heavy atom. The molecule has 122 valence electrons. The summed E-state index contributed by atoms with van der Waals surface area (Å²) in [7, 11) is 0. The second kappa shape index (κ2) is 7.82. The van der Waals surface area contributed by atoms with E-state index in [-0.39, 0.29) is 13.0 Å². The van der Waals surface area contributed by atoms with Gasteiger partial charge in [-0.05, 0) is 18.9 Å². The van der Waals surface area contributed by atoms with Crippen molar-refractivity contribution in [3.8, 4) is 0 Å². The Balaban J connectivity index is 2.51. The van der Waals surface area contributed by atoms with Crippen molar-refractivity contribution >= 4 is 11.9 Å². The van der Waals surface area contributed by atoms with E-state index in [9.17, 15) is 22.8 Å². The minimum absolute atomic E-state index is 0.194. The number of hydrogen-bond acceptors (Lipinski definition) is 2. The molecule has 0 heterocycles. The highest BCUT2D eigenvalue weighted by molar-refractivity contribution is 5.77. The van der Waals surface area contributed by atoms with E-state index in [1.54, 1.807) is 12.1 Å². The summed E-state index contributed by atoms with van der Waals surface area (Å²) < 4.78 is 36.0. The Kier molecular flexibility index (Phi) is 6.39. The highest BCUT2D eigenvalue weighted by Gasteiger charge is 2.28. The van der Waals surface area contributed by atoms with Crippen LogP contribution in [0.25, 0.3) is 0 Å². The maximum atomic E-state index is 12.0. The molecule has 1 rings (SSSR count). The van der Waals surface area contributed by atoms with Gasteiger partial charge < -0.3 is 10.4 Å². The average Bonchev–Trinajstić information content (AvgIpc) is 2.40. The first kappa shape index (κ1) is 18.0. The van der Waals surface area contributed by atoms with Gasteiger partial charge in [0.05, 0.1) is 12.3 Å². The molecule has 1 unspecified atom stereocenters. The van der Waals surface area contributed by atoms with Crippen LogP contribution in [0.3, 0.4) is 0 Å². The lowest BCUT2D eigenvalue weighted by Gasteiger charge is -2.14. The minimum atomic E-state index is -4.40. The number of carboxylic acids is 1. The van der Waals surface area contributed by atoms with Crippen molar-refractivity contribution in [1.82, 2.24) is 5.32 Å². The van der Waals surface area contributed by atoms with Crippen molar-refractivity contribution in [1.29, 1.82) is 0 Å². The fourth-order valence-corrected chi connectivity index (χ4v) is 1.95. The number of amides is 1. The van der Waals surface area contributed by atoms with E-state index < -0.39 is 36.8 Å². The fourth-order valence-electron chi connectivity index (χ4n) is 1.95. The number of halogens is 3. The number of carbonyl (C=O) groups is 2. The zero-order valence-electron chi connectivity index (χ0n) is 12.1. The predicted octanol–water partition coefficient (Wildman–Crippen LogP) is 2.70. The molecule has 0 fully saturated rings. The van der Waals surface area contributed by atoms with Crippen LogP contribution < -0.4 is 5.32 Å². The third-order valence-corrected chi connectivity index (χ3v) is 3.09. The Hall–Kier alpha value is -2.05. The van der Waals surface area contributed by atoms with Gasteiger partial charge in [0.2, 0.25) is 5.91 Å². The van der Waals surface area contributed by atoms with Crippen LogP contribution >= 0.6 is 0 Å². The predicted molar refractivity (Wildman–Crippen MR) is 74.3 cm³/mol. The van der Waals surface area contributed by atoms with Crippen LogP contribution in [0.15, 0.2) is 24.3 Å². The quantitative estimate of drug-likeness (QED) is 0.812. The molecule has 0 radical (unpaired) electrons. The molecule has 0 aliphatic carbocycles. The van der Waals surface area contributed by atoms with Gasteiger partial charge in [0.25, 0.3) is 0 Å². The maximum Gasteiger partial charge on any atom is 0.389 e. The molecule has 0 aliphatic heterocycles. The van der Waals surface area contributed by atoms with Gasteiger partial charge in [-0.3, -0.25) is 9.59 Å². The summed E-state index contributed by atoms with van der Waals surface area (Å²) in [4.78, 5) is 22.5. The largest absolute Gasteiger partial charge is 0.481 e. The second-order valence-electron chi connectivity index (χ2n) is 5.15. The van der Waals surface area contributed by atoms with Gasteiger partial charge in [0.1, 0.15) is 0 Å². The molecule has 7 heteroatoms. The van der Waals surface area contributed by atoms with Crippen molar-refractivity contribution in [3.63, 3.8) is 0 Å². The van der Waals surface area contributed by atoms with Crippen LogP contribution in [0.2, 0.25) is 0 Å². The lowest BCUT2D eigenvalue weighted by atomic mass is 9.98. The summed E-state index contributed by atoms with van der Waals surface area (Å²) in [6.07, 6.45) is -6.10. The summed E-state index contributed by atoms with van der Waals surface area (Å²) in [5.74, 6) is -2.78. The number of rotatable bonds is 7. The molecule has 1 aromatic rings. The molecule has 0 saturated carbocycles. The first-order valence-corrected chi connectivity index (χ1v) is 6.79. The molecule has 0 spiro atoms. The summed E-state index contributed by atoms with van der Waals surface area (Å²) in [6, 6.07) is 7.28. The highest BCUT2D eigenvalue weighted by atomic mass is 19.4. The van der Waals surface area contributed by atoms with Crippen LogP contribution in [0.1, 0.15) is 24.0 Å². The average molecular weight is 317 g/mol. The van der Waals surface area contributed by atoms with Crippen LogP contribution in [0, 0.1) is 12.8 Å². The van der Waals surface area contributed by atoms with Crippen molar-refractivity contribution in [2.75, 3.05) is 6.54 Å². The molecule has 2 N–H and O–H groups in total. The van der Waals surface area contributed by atoms with Crippen molar-refractivity contribution < 1.29 is 27.9 Å². The highest BCUT2D eigenvalue weighted by Crippen LogP contribution is 2.21. The SMILES string of the molecule is Cc1cccc(CC(CNC(=O)CCC(F)(F)F)C(=O)O)c1. The van der Waals surface area contributed by atoms with E-state index in [1.807, 2.05) is 19.1 Å². The topological polar surface area (TPSA) is 66.4 Å². The number of benzene rings is 1. The summed E-state index contributed by atoms with van der Waals surface area (Å²) in [5, 5.41) is 11.4. The number of alkyl halides is 3. The van der Waals surface area contributed by atoms with Gasteiger partial charge in [0.15, 0.2) is 0 Å². The number of nitrogens with one attached hydrogen (secondary N) is 1. The monoisotopic (exact) mass is 317 g/mol. The molecule has 0 aromatic heterocycles. The van der Waals surface area contributed by atoms with E-state index in [0.29, 0.717) is 0 Å². The maximum absolute atomic E-state index is 12.0. The molecular weight excluding hydrogens is 299 g/mol. The molecule has 4 nitrogen and oxygen atoms in total. The third kappa shape index (κ3) is 7.10. The molecule has 0 bridgehead atoms. The molecule has 1 amide bonds. The zero-order valence-corrected chi connectivity index (χ0v) is 12.1. The van der Waals surface area contributed by atoms with E-state index in [0.717, 1.165) is 11.1 Å². The molecule has 1 atom stereocenters. The van der Waals surface area contributed by atoms with Crippen LogP contribution in [-0.2, 0) is 16.0 Å². The number of carboxylic acid groups (broad SMARTS) is 1. The van der Waals surface area contributed by atoms with Gasteiger partial charge in [0, 0.05) is 13.0 Å². The van der Waals surface area contributed by atoms with Gasteiger partial charge in [-0.25, -0.2) is 0 Å². The van der Waals surface area contributed by atoms with Crippen LogP contribution in [0.4, 0.5) is 13.2 Å². The summed E-state index contributed by atoms with van der Waals surface area (Å²) in [5.41, 5.74) is 1.78. The van der Waals surface area contributed by atoms with E-state index in [1.165, 1.54) is 0 Å². The second-order valence-corrected chi connectivity index (χ2v) is 5.15. The van der Waals surface area contributed by atoms with Crippen LogP contribution in [0.5, 0.6) is 0 Å². The lowest BCUT2D eigenvalue weighted by Crippen LogP contribution is -2.34. The minimum Gasteiger partial charge on any atom is -0.481 e. The Labute approximate surface area is 126 Å². The Morgan fingerprint density at radius 1 is 1.32 bits per heavy atom. The number of carbonyl (C=O) groups excluding carboxylic acids is 1. The Bertz CT molecular complexity index is 529. The van der Waals surface area contributed by atoms with E-state index >= 15 is 0 Å². The van der Waals surface area contributed by atoms with Gasteiger partial charge >= 0.3 is 12.1 Å². The van der Waals surface area contributed by atoms with Crippen molar-refractivity contribution in [2.45, 2.75) is 32.4 Å². The van der Waals surface area contributed by atoms with Crippen LogP contribution in [-0.4, -0.2) is 29.7 Å². The van der Waals surface area contributed by atoms with E-state index in [2.05, 4.69) is 5.32 Å². The smallest absolute Gasteiger partial charge is 0.389 e. The first-order valence-electron chi connectivity index (χ1n) is 6.79. The van der Waals surface area contributed by atoms with Gasteiger partial charge in [-0.15, -0.1) is 0 Å². The molecular formula is C15H18F3NO3. The zero-order chi connectivity index (χ0) is 16.8. The van der Waals surface area contributed by atoms with Crippen molar-refractivity contribution in [2.24, 2.45) is 5.92 Å². The van der Waals surface area contributed by atoms with Gasteiger partial charge in [-0.2, -0.15) is 13.2 Å². The Morgan fingerprint density at radius 2 is 2.00 bits per heavy atom. The first-order chi connectivity index (χ1) is 10.2. The molecule has 0 saturated heterocycles. The summed E-state index contributed by atoms with van der Waals surface area (Å²) in [6.45, 7) is 1.68. The normalized spacial score (nSPS) is 12.7. The van der Waals surface area contributed by atoms with Crippen molar-refractivity contribution in [3.05, 3.63) is 35.4 Å². The van der Waals surface area contributed by atoms with E-state index in [4.69, 9.17) is 5.11 Å². The third-order valence-electron chi connectivity index (χ3n) is 3.09. The molecule has 22 heavy (non-hydrogen) atoms. The number of hydrogen-bond donors (Lipinski definition) is 2.